The minimum atomic E-state index is 0.549. The molecular formula is C15H25N3O. The van der Waals surface area contributed by atoms with E-state index in [9.17, 15) is 0 Å². The molecule has 2 aliphatic carbocycles. The monoisotopic (exact) mass is 263 g/mol. The third-order valence-corrected chi connectivity index (χ3v) is 4.54. The maximum Gasteiger partial charge on any atom is 0.220 e. The van der Waals surface area contributed by atoms with E-state index in [0.717, 1.165) is 43.0 Å². The van der Waals surface area contributed by atoms with Gasteiger partial charge in [0.25, 0.3) is 0 Å². The van der Waals surface area contributed by atoms with Crippen LogP contribution in [0.5, 0.6) is 0 Å². The largest absolute Gasteiger partial charge is 0.425 e. The van der Waals surface area contributed by atoms with Gasteiger partial charge < -0.3 is 9.73 Å². The zero-order valence-corrected chi connectivity index (χ0v) is 12.1. The Hall–Kier alpha value is -0.900. The zero-order chi connectivity index (χ0) is 13.2. The maximum absolute atomic E-state index is 5.86. The van der Waals surface area contributed by atoms with Crippen LogP contribution in [0.4, 0.5) is 0 Å². The third-order valence-electron chi connectivity index (χ3n) is 4.54. The van der Waals surface area contributed by atoms with E-state index in [4.69, 9.17) is 4.42 Å². The fourth-order valence-electron chi connectivity index (χ4n) is 3.49. The number of aryl methyl sites for hydroxylation is 1. The molecule has 1 aromatic rings. The predicted octanol–water partition coefficient (Wildman–Crippen LogP) is 2.90. The molecule has 2 fully saturated rings. The van der Waals surface area contributed by atoms with E-state index in [-0.39, 0.29) is 0 Å². The molecule has 3 rings (SSSR count). The number of hydrogen-bond donors (Lipinski definition) is 1. The van der Waals surface area contributed by atoms with Crippen LogP contribution in [-0.2, 0) is 6.42 Å². The fraction of sp³-hybridized carbons (Fsp3) is 0.867. The number of rotatable bonds is 6. The molecule has 0 amide bonds. The summed E-state index contributed by atoms with van der Waals surface area (Å²) in [7, 11) is 0. The van der Waals surface area contributed by atoms with Crippen LogP contribution < -0.4 is 5.32 Å². The molecule has 2 atom stereocenters. The van der Waals surface area contributed by atoms with Crippen molar-refractivity contribution < 1.29 is 4.42 Å². The fourth-order valence-corrected chi connectivity index (χ4v) is 3.49. The van der Waals surface area contributed by atoms with E-state index in [1.165, 1.54) is 25.7 Å². The van der Waals surface area contributed by atoms with Gasteiger partial charge in [-0.15, -0.1) is 10.2 Å². The van der Waals surface area contributed by atoms with Crippen LogP contribution in [0.25, 0.3) is 0 Å². The molecule has 19 heavy (non-hydrogen) atoms. The quantitative estimate of drug-likeness (QED) is 0.802. The third kappa shape index (κ3) is 2.99. The molecule has 4 nitrogen and oxygen atoms in total. The van der Waals surface area contributed by atoms with Crippen molar-refractivity contribution in [2.45, 2.75) is 64.3 Å². The Kier molecular flexibility index (Phi) is 3.87. The van der Waals surface area contributed by atoms with Crippen LogP contribution >= 0.6 is 0 Å². The number of nitrogens with zero attached hydrogens (tertiary/aromatic N) is 2. The summed E-state index contributed by atoms with van der Waals surface area (Å²) in [5.74, 6) is 4.04. The summed E-state index contributed by atoms with van der Waals surface area (Å²) in [4.78, 5) is 0. The molecular weight excluding hydrogens is 238 g/mol. The molecule has 0 aliphatic heterocycles. The summed E-state index contributed by atoms with van der Waals surface area (Å²) in [6, 6.07) is 0.549. The molecule has 1 N–H and O–H groups in total. The number of fused-ring (bicyclic) bond motifs is 1. The lowest BCUT2D eigenvalue weighted by Gasteiger charge is -2.05. The van der Waals surface area contributed by atoms with Gasteiger partial charge in [0.05, 0.1) is 0 Å². The first-order chi connectivity index (χ1) is 9.25. The molecule has 1 aromatic heterocycles. The average molecular weight is 263 g/mol. The summed E-state index contributed by atoms with van der Waals surface area (Å²) in [5, 5.41) is 11.9. The zero-order valence-electron chi connectivity index (χ0n) is 12.1. The lowest BCUT2D eigenvalue weighted by Crippen LogP contribution is -2.23. The Morgan fingerprint density at radius 3 is 2.63 bits per heavy atom. The minimum Gasteiger partial charge on any atom is -0.425 e. The summed E-state index contributed by atoms with van der Waals surface area (Å²) >= 11 is 0. The molecule has 106 valence electrons. The number of nitrogens with one attached hydrogen (secondary N) is 1. The Morgan fingerprint density at radius 1 is 1.21 bits per heavy atom. The highest BCUT2D eigenvalue weighted by Crippen LogP contribution is 2.60. The van der Waals surface area contributed by atoms with E-state index < -0.39 is 0 Å². The first kappa shape index (κ1) is 13.1. The smallest absolute Gasteiger partial charge is 0.220 e. The van der Waals surface area contributed by atoms with Crippen LogP contribution in [0.2, 0.25) is 0 Å². The van der Waals surface area contributed by atoms with E-state index in [1.807, 2.05) is 0 Å². The Bertz CT molecular complexity index is 403. The Balaban J connectivity index is 1.47. The van der Waals surface area contributed by atoms with Gasteiger partial charge in [0.2, 0.25) is 11.8 Å². The molecule has 0 saturated heterocycles. The van der Waals surface area contributed by atoms with E-state index >= 15 is 0 Å². The van der Waals surface area contributed by atoms with Gasteiger partial charge in [0, 0.05) is 18.4 Å². The van der Waals surface area contributed by atoms with Gasteiger partial charge in [0.15, 0.2) is 0 Å². The lowest BCUT2D eigenvalue weighted by atomic mass is 10.0. The molecule has 0 aromatic carbocycles. The topological polar surface area (TPSA) is 51.0 Å². The molecule has 0 bridgehead atoms. The first-order valence-corrected chi connectivity index (χ1v) is 7.81. The van der Waals surface area contributed by atoms with Crippen molar-refractivity contribution in [3.63, 3.8) is 0 Å². The predicted molar refractivity (Wildman–Crippen MR) is 73.9 cm³/mol. The maximum atomic E-state index is 5.86. The highest BCUT2D eigenvalue weighted by atomic mass is 16.4. The SMILES string of the molecule is CC(C)NCCCc1nnc(C2C3CCCCC32)o1. The van der Waals surface area contributed by atoms with Gasteiger partial charge in [-0.1, -0.05) is 26.7 Å². The van der Waals surface area contributed by atoms with Crippen molar-refractivity contribution >= 4 is 0 Å². The normalized spacial score (nSPS) is 29.5. The van der Waals surface area contributed by atoms with E-state index in [1.54, 1.807) is 0 Å². The average Bonchev–Trinajstić information content (AvgIpc) is 2.95. The van der Waals surface area contributed by atoms with Gasteiger partial charge in [-0.25, -0.2) is 0 Å². The molecule has 1 heterocycles. The molecule has 2 saturated carbocycles. The van der Waals surface area contributed by atoms with Crippen molar-refractivity contribution in [2.75, 3.05) is 6.54 Å². The first-order valence-electron chi connectivity index (χ1n) is 7.81. The molecule has 2 unspecified atom stereocenters. The second-order valence-electron chi connectivity index (χ2n) is 6.38. The van der Waals surface area contributed by atoms with E-state index in [2.05, 4.69) is 29.4 Å². The molecule has 2 aliphatic rings. The summed E-state index contributed by atoms with van der Waals surface area (Å²) in [5.41, 5.74) is 0. The lowest BCUT2D eigenvalue weighted by molar-refractivity contribution is 0.432. The summed E-state index contributed by atoms with van der Waals surface area (Å²) < 4.78 is 5.86. The van der Waals surface area contributed by atoms with Crippen LogP contribution in [-0.4, -0.2) is 22.8 Å². The van der Waals surface area contributed by atoms with E-state index in [0.29, 0.717) is 12.0 Å². The summed E-state index contributed by atoms with van der Waals surface area (Å²) in [6.45, 7) is 5.35. The van der Waals surface area contributed by atoms with Gasteiger partial charge in [-0.3, -0.25) is 0 Å². The Labute approximate surface area is 115 Å². The van der Waals surface area contributed by atoms with Gasteiger partial charge in [0.1, 0.15) is 0 Å². The highest BCUT2D eigenvalue weighted by Gasteiger charge is 2.54. The van der Waals surface area contributed by atoms with Gasteiger partial charge in [-0.05, 0) is 37.6 Å². The van der Waals surface area contributed by atoms with Crippen molar-refractivity contribution in [2.24, 2.45) is 11.8 Å². The van der Waals surface area contributed by atoms with Crippen molar-refractivity contribution in [3.05, 3.63) is 11.8 Å². The van der Waals surface area contributed by atoms with Crippen molar-refractivity contribution in [3.8, 4) is 0 Å². The van der Waals surface area contributed by atoms with Crippen molar-refractivity contribution in [1.82, 2.24) is 15.5 Å². The van der Waals surface area contributed by atoms with Gasteiger partial charge >= 0.3 is 0 Å². The highest BCUT2D eigenvalue weighted by molar-refractivity contribution is 5.14. The van der Waals surface area contributed by atoms with Crippen LogP contribution in [0.1, 0.15) is 63.7 Å². The van der Waals surface area contributed by atoms with Gasteiger partial charge in [-0.2, -0.15) is 0 Å². The minimum absolute atomic E-state index is 0.549. The molecule has 4 heteroatoms. The van der Waals surface area contributed by atoms with Crippen molar-refractivity contribution in [1.29, 1.82) is 0 Å². The Morgan fingerprint density at radius 2 is 1.95 bits per heavy atom. The summed E-state index contributed by atoms with van der Waals surface area (Å²) in [6.07, 6.45) is 7.47. The van der Waals surface area contributed by atoms with Crippen LogP contribution in [0, 0.1) is 11.8 Å². The standard InChI is InChI=1S/C15H25N3O/c1-10(2)16-9-5-8-13-17-18-15(19-13)14-11-6-3-4-7-12(11)14/h10-12,14,16H,3-9H2,1-2H3. The second-order valence-corrected chi connectivity index (χ2v) is 6.38. The molecule has 0 spiro atoms. The second kappa shape index (κ2) is 5.61. The molecule has 0 radical (unpaired) electrons. The number of hydrogen-bond acceptors (Lipinski definition) is 4. The van der Waals surface area contributed by atoms with Crippen LogP contribution in [0.3, 0.4) is 0 Å². The van der Waals surface area contributed by atoms with Crippen LogP contribution in [0.15, 0.2) is 4.42 Å². The number of aromatic nitrogens is 2.